The van der Waals surface area contributed by atoms with Crippen molar-refractivity contribution in [3.8, 4) is 0 Å². The molecule has 0 aliphatic carbocycles. The summed E-state index contributed by atoms with van der Waals surface area (Å²) in [5.74, 6) is -1.22. The minimum atomic E-state index is -3.76. The number of carbonyl (C=O) groups excluding carboxylic acids is 1. The highest BCUT2D eigenvalue weighted by Crippen LogP contribution is 2.22. The summed E-state index contributed by atoms with van der Waals surface area (Å²) < 4.78 is 26.2. The molecule has 2 fully saturated rings. The standard InChI is InChI=1S/C11H14N4O5S/c16-10(17)9-3-8(5-12-9)21(19,20)14-1-2-15-7(6-14)4-13-11(15)18/h3,5,7,12H,1-2,4,6H2,(H,13,18)(H,16,17). The van der Waals surface area contributed by atoms with Crippen molar-refractivity contribution in [1.82, 2.24) is 19.5 Å². The number of hydrogen-bond acceptors (Lipinski definition) is 4. The lowest BCUT2D eigenvalue weighted by Gasteiger charge is -2.35. The molecule has 1 unspecified atom stereocenters. The van der Waals surface area contributed by atoms with Crippen LogP contribution >= 0.6 is 0 Å². The molecular formula is C11H14N4O5S. The van der Waals surface area contributed by atoms with Gasteiger partial charge in [-0.1, -0.05) is 0 Å². The van der Waals surface area contributed by atoms with Gasteiger partial charge in [-0.2, -0.15) is 4.31 Å². The molecule has 2 aliphatic heterocycles. The highest BCUT2D eigenvalue weighted by Gasteiger charge is 2.39. The van der Waals surface area contributed by atoms with Gasteiger partial charge in [-0.3, -0.25) is 0 Å². The summed E-state index contributed by atoms with van der Waals surface area (Å²) >= 11 is 0. The van der Waals surface area contributed by atoms with Crippen LogP contribution in [0, 0.1) is 0 Å². The molecule has 2 saturated heterocycles. The Morgan fingerprint density at radius 1 is 1.38 bits per heavy atom. The second-order valence-electron chi connectivity index (χ2n) is 4.95. The number of nitrogens with zero attached hydrogens (tertiary/aromatic N) is 2. The van der Waals surface area contributed by atoms with Gasteiger partial charge in [-0.05, 0) is 6.07 Å². The minimum absolute atomic E-state index is 0.0781. The average Bonchev–Trinajstić information content (AvgIpc) is 3.06. The molecule has 2 aliphatic rings. The number of nitrogens with one attached hydrogen (secondary N) is 2. The number of aromatic nitrogens is 1. The number of amides is 2. The lowest BCUT2D eigenvalue weighted by atomic mass is 10.2. The maximum atomic E-state index is 12.5. The van der Waals surface area contributed by atoms with Crippen LogP contribution in [0.25, 0.3) is 0 Å². The predicted molar refractivity (Wildman–Crippen MR) is 70.4 cm³/mol. The normalized spacial score (nSPS) is 23.0. The number of aromatic amines is 1. The Labute approximate surface area is 120 Å². The van der Waals surface area contributed by atoms with Crippen LogP contribution < -0.4 is 5.32 Å². The Balaban J connectivity index is 1.82. The first-order valence-corrected chi connectivity index (χ1v) is 7.80. The smallest absolute Gasteiger partial charge is 0.352 e. The van der Waals surface area contributed by atoms with Crippen LogP contribution in [0.3, 0.4) is 0 Å². The average molecular weight is 314 g/mol. The van der Waals surface area contributed by atoms with Crippen LogP contribution in [-0.2, 0) is 10.0 Å². The highest BCUT2D eigenvalue weighted by atomic mass is 32.2. The molecule has 21 heavy (non-hydrogen) atoms. The number of H-pyrrole nitrogens is 1. The van der Waals surface area contributed by atoms with Crippen molar-refractivity contribution in [2.45, 2.75) is 10.9 Å². The summed E-state index contributed by atoms with van der Waals surface area (Å²) in [6.07, 6.45) is 1.17. The van der Waals surface area contributed by atoms with Crippen molar-refractivity contribution >= 4 is 22.0 Å². The number of urea groups is 1. The minimum Gasteiger partial charge on any atom is -0.477 e. The van der Waals surface area contributed by atoms with Crippen LogP contribution in [-0.4, -0.2) is 71.9 Å². The Kier molecular flexibility index (Phi) is 3.14. The largest absolute Gasteiger partial charge is 0.477 e. The molecule has 0 bridgehead atoms. The fourth-order valence-electron chi connectivity index (χ4n) is 2.59. The number of carboxylic acid groups (broad SMARTS) is 1. The fourth-order valence-corrected chi connectivity index (χ4v) is 4.05. The van der Waals surface area contributed by atoms with Crippen LogP contribution in [0.15, 0.2) is 17.2 Å². The molecule has 10 heteroatoms. The second kappa shape index (κ2) is 4.74. The van der Waals surface area contributed by atoms with Gasteiger partial charge in [-0.25, -0.2) is 18.0 Å². The monoisotopic (exact) mass is 314 g/mol. The Hall–Kier alpha value is -2.07. The fraction of sp³-hybridized carbons (Fsp3) is 0.455. The van der Waals surface area contributed by atoms with Crippen molar-refractivity contribution in [2.75, 3.05) is 26.2 Å². The summed E-state index contributed by atoms with van der Waals surface area (Å²) in [6, 6.07) is 0.744. The van der Waals surface area contributed by atoms with Gasteiger partial charge >= 0.3 is 12.0 Å². The van der Waals surface area contributed by atoms with E-state index in [1.165, 1.54) is 10.5 Å². The van der Waals surface area contributed by atoms with Gasteiger partial charge in [0.1, 0.15) is 10.6 Å². The summed E-state index contributed by atoms with van der Waals surface area (Å²) in [6.45, 7) is 1.14. The van der Waals surface area contributed by atoms with E-state index >= 15 is 0 Å². The zero-order chi connectivity index (χ0) is 15.2. The molecule has 9 nitrogen and oxygen atoms in total. The lowest BCUT2D eigenvalue weighted by Crippen LogP contribution is -2.53. The Morgan fingerprint density at radius 3 is 2.81 bits per heavy atom. The molecule has 3 N–H and O–H groups in total. The maximum absolute atomic E-state index is 12.5. The number of piperazine rings is 1. The highest BCUT2D eigenvalue weighted by molar-refractivity contribution is 7.89. The van der Waals surface area contributed by atoms with Crippen LogP contribution in [0.2, 0.25) is 0 Å². The van der Waals surface area contributed by atoms with Crippen molar-refractivity contribution in [3.63, 3.8) is 0 Å². The van der Waals surface area contributed by atoms with E-state index in [-0.39, 0.29) is 35.8 Å². The van der Waals surface area contributed by atoms with E-state index in [4.69, 9.17) is 5.11 Å². The van der Waals surface area contributed by atoms with Gasteiger partial charge < -0.3 is 20.3 Å². The summed E-state index contributed by atoms with van der Waals surface area (Å²) in [5, 5.41) is 11.5. The number of aromatic carboxylic acids is 1. The first kappa shape index (κ1) is 13.9. The number of rotatable bonds is 3. The number of fused-ring (bicyclic) bond motifs is 1. The zero-order valence-corrected chi connectivity index (χ0v) is 11.8. The third kappa shape index (κ3) is 2.25. The number of carbonyl (C=O) groups is 2. The topological polar surface area (TPSA) is 123 Å². The van der Waals surface area contributed by atoms with Crippen LogP contribution in [0.5, 0.6) is 0 Å². The third-order valence-electron chi connectivity index (χ3n) is 3.72. The van der Waals surface area contributed by atoms with E-state index in [1.807, 2.05) is 0 Å². The quantitative estimate of drug-likeness (QED) is 0.668. The first-order valence-electron chi connectivity index (χ1n) is 6.36. The molecule has 0 saturated carbocycles. The predicted octanol–water partition coefficient (Wildman–Crippen LogP) is -0.889. The molecule has 3 heterocycles. The molecular weight excluding hydrogens is 300 g/mol. The number of hydrogen-bond donors (Lipinski definition) is 3. The molecule has 0 radical (unpaired) electrons. The molecule has 0 aromatic carbocycles. The SMILES string of the molecule is O=C(O)c1cc(S(=O)(=O)N2CCN3C(=O)NCC3C2)c[nH]1. The van der Waals surface area contributed by atoms with Crippen molar-refractivity contribution in [2.24, 2.45) is 0 Å². The van der Waals surface area contributed by atoms with Gasteiger partial charge in [-0.15, -0.1) is 0 Å². The van der Waals surface area contributed by atoms with E-state index in [0.717, 1.165) is 6.07 Å². The number of carboxylic acids is 1. The lowest BCUT2D eigenvalue weighted by molar-refractivity contribution is 0.0691. The molecule has 2 amide bonds. The Bertz CT molecular complexity index is 697. The maximum Gasteiger partial charge on any atom is 0.352 e. The van der Waals surface area contributed by atoms with E-state index in [0.29, 0.717) is 13.1 Å². The molecule has 114 valence electrons. The first-order chi connectivity index (χ1) is 9.89. The van der Waals surface area contributed by atoms with Gasteiger partial charge in [0.2, 0.25) is 10.0 Å². The molecule has 3 rings (SSSR count). The van der Waals surface area contributed by atoms with Crippen molar-refractivity contribution in [3.05, 3.63) is 18.0 Å². The number of sulfonamides is 1. The summed E-state index contributed by atoms with van der Waals surface area (Å²) in [7, 11) is -3.76. The molecule has 1 aromatic heterocycles. The van der Waals surface area contributed by atoms with Crippen LogP contribution in [0.4, 0.5) is 4.79 Å². The van der Waals surface area contributed by atoms with E-state index in [2.05, 4.69) is 10.3 Å². The van der Waals surface area contributed by atoms with Gasteiger partial charge in [0.25, 0.3) is 0 Å². The van der Waals surface area contributed by atoms with E-state index in [9.17, 15) is 18.0 Å². The molecule has 0 spiro atoms. The van der Waals surface area contributed by atoms with Gasteiger partial charge in [0.15, 0.2) is 0 Å². The Morgan fingerprint density at radius 2 is 2.14 bits per heavy atom. The molecule has 1 atom stereocenters. The van der Waals surface area contributed by atoms with Crippen molar-refractivity contribution < 1.29 is 23.1 Å². The molecule has 1 aromatic rings. The van der Waals surface area contributed by atoms with Gasteiger partial charge in [0, 0.05) is 32.4 Å². The van der Waals surface area contributed by atoms with Gasteiger partial charge in [0.05, 0.1) is 6.04 Å². The van der Waals surface area contributed by atoms with E-state index < -0.39 is 16.0 Å². The second-order valence-corrected chi connectivity index (χ2v) is 6.89. The zero-order valence-electron chi connectivity index (χ0n) is 10.9. The third-order valence-corrected chi connectivity index (χ3v) is 5.56. The summed E-state index contributed by atoms with van der Waals surface area (Å²) in [4.78, 5) is 26.3. The summed E-state index contributed by atoms with van der Waals surface area (Å²) in [5.41, 5.74) is -0.176. The van der Waals surface area contributed by atoms with Crippen LogP contribution in [0.1, 0.15) is 10.5 Å². The van der Waals surface area contributed by atoms with Crippen molar-refractivity contribution in [1.29, 1.82) is 0 Å². The van der Waals surface area contributed by atoms with E-state index in [1.54, 1.807) is 4.90 Å².